The van der Waals surface area contributed by atoms with Gasteiger partial charge in [-0.1, -0.05) is 37.8 Å². The maximum atomic E-state index is 8.82. The van der Waals surface area contributed by atoms with E-state index in [-0.39, 0.29) is 0 Å². The highest BCUT2D eigenvalue weighted by Gasteiger charge is 2.11. The molecule has 1 aromatic rings. The van der Waals surface area contributed by atoms with Crippen molar-refractivity contribution in [3.8, 4) is 5.75 Å². The van der Waals surface area contributed by atoms with Crippen LogP contribution in [-0.2, 0) is 4.74 Å². The van der Waals surface area contributed by atoms with Gasteiger partial charge in [0.1, 0.15) is 5.75 Å². The third-order valence-electron chi connectivity index (χ3n) is 2.97. The van der Waals surface area contributed by atoms with E-state index >= 15 is 0 Å². The molecule has 0 aromatic heterocycles. The van der Waals surface area contributed by atoms with Crippen LogP contribution in [0.25, 0.3) is 6.08 Å². The maximum Gasteiger partial charge on any atom is 0.115 e. The summed E-state index contributed by atoms with van der Waals surface area (Å²) in [7, 11) is 0. The first-order chi connectivity index (χ1) is 8.76. The van der Waals surface area contributed by atoms with Crippen LogP contribution >= 0.6 is 0 Å². The predicted molar refractivity (Wildman–Crippen MR) is 76.4 cm³/mol. The van der Waals surface area contributed by atoms with Crippen molar-refractivity contribution in [3.05, 3.63) is 49.2 Å². The van der Waals surface area contributed by atoms with Crippen molar-refractivity contribution in [2.24, 2.45) is 0 Å². The lowest BCUT2D eigenvalue weighted by Gasteiger charge is -2.20. The van der Waals surface area contributed by atoms with E-state index in [1.165, 1.54) is 32.1 Å². The molecule has 0 radical (unpaired) electrons. The summed E-state index contributed by atoms with van der Waals surface area (Å²) in [4.78, 5) is 0. The minimum absolute atomic E-state index is 0.292. The van der Waals surface area contributed by atoms with Crippen molar-refractivity contribution in [2.45, 2.75) is 38.2 Å². The molecule has 1 aromatic carbocycles. The highest BCUT2D eigenvalue weighted by atomic mass is 16.5. The molecule has 0 spiro atoms. The van der Waals surface area contributed by atoms with Gasteiger partial charge >= 0.3 is 0 Å². The molecule has 0 atom stereocenters. The van der Waals surface area contributed by atoms with E-state index in [0.29, 0.717) is 11.9 Å². The molecule has 1 saturated carbocycles. The number of hydrogen-bond donors (Lipinski definition) is 1. The molecule has 1 N–H and O–H groups in total. The van der Waals surface area contributed by atoms with Crippen molar-refractivity contribution < 1.29 is 9.84 Å². The number of aromatic hydroxyl groups is 1. The first-order valence-electron chi connectivity index (χ1n) is 6.44. The number of phenols is 1. The second-order valence-electron chi connectivity index (χ2n) is 4.36. The number of phenolic OH excluding ortho intramolecular Hbond substituents is 1. The Balaban J connectivity index is 0.000000180. The molecule has 98 valence electrons. The molecule has 1 fully saturated rings. The van der Waals surface area contributed by atoms with Gasteiger partial charge in [0.05, 0.1) is 12.4 Å². The molecular formula is C16H22O2. The molecular weight excluding hydrogens is 224 g/mol. The van der Waals surface area contributed by atoms with Gasteiger partial charge in [-0.2, -0.15) is 0 Å². The van der Waals surface area contributed by atoms with Crippen LogP contribution in [0.3, 0.4) is 0 Å². The van der Waals surface area contributed by atoms with Crippen LogP contribution in [0.2, 0.25) is 0 Å². The van der Waals surface area contributed by atoms with Crippen LogP contribution in [0.15, 0.2) is 43.7 Å². The van der Waals surface area contributed by atoms with E-state index in [1.807, 2.05) is 12.1 Å². The van der Waals surface area contributed by atoms with E-state index < -0.39 is 0 Å². The summed E-state index contributed by atoms with van der Waals surface area (Å²) in [5, 5.41) is 8.82. The highest BCUT2D eigenvalue weighted by molar-refractivity contribution is 5.47. The monoisotopic (exact) mass is 246 g/mol. The fraction of sp³-hybridized carbons (Fsp3) is 0.375. The van der Waals surface area contributed by atoms with Crippen molar-refractivity contribution in [1.82, 2.24) is 0 Å². The topological polar surface area (TPSA) is 29.5 Å². The van der Waals surface area contributed by atoms with Gasteiger partial charge in [-0.25, -0.2) is 0 Å². The predicted octanol–water partition coefficient (Wildman–Crippen LogP) is 4.51. The Morgan fingerprint density at radius 1 is 1.06 bits per heavy atom. The number of benzene rings is 1. The van der Waals surface area contributed by atoms with Crippen LogP contribution in [0.1, 0.15) is 37.7 Å². The fourth-order valence-electron chi connectivity index (χ4n) is 1.95. The zero-order chi connectivity index (χ0) is 13.2. The van der Waals surface area contributed by atoms with Crippen LogP contribution in [-0.4, -0.2) is 11.2 Å². The third-order valence-corrected chi connectivity index (χ3v) is 2.97. The highest BCUT2D eigenvalue weighted by Crippen LogP contribution is 2.19. The summed E-state index contributed by atoms with van der Waals surface area (Å²) in [5.41, 5.74) is 1.02. The Bertz CT molecular complexity index is 348. The Morgan fingerprint density at radius 3 is 2.17 bits per heavy atom. The fourth-order valence-corrected chi connectivity index (χ4v) is 1.95. The molecule has 18 heavy (non-hydrogen) atoms. The van der Waals surface area contributed by atoms with Crippen LogP contribution < -0.4 is 0 Å². The smallest absolute Gasteiger partial charge is 0.115 e. The largest absolute Gasteiger partial charge is 0.508 e. The molecule has 0 unspecified atom stereocenters. The van der Waals surface area contributed by atoms with Gasteiger partial charge < -0.3 is 9.84 Å². The Morgan fingerprint density at radius 2 is 1.67 bits per heavy atom. The van der Waals surface area contributed by atoms with Gasteiger partial charge in [0, 0.05) is 0 Å². The second-order valence-corrected chi connectivity index (χ2v) is 4.36. The van der Waals surface area contributed by atoms with Crippen molar-refractivity contribution in [1.29, 1.82) is 0 Å². The average molecular weight is 246 g/mol. The lowest BCUT2D eigenvalue weighted by Crippen LogP contribution is -2.13. The average Bonchev–Trinajstić information content (AvgIpc) is 2.42. The molecule has 0 bridgehead atoms. The minimum Gasteiger partial charge on any atom is -0.508 e. The van der Waals surface area contributed by atoms with E-state index in [9.17, 15) is 0 Å². The van der Waals surface area contributed by atoms with Crippen LogP contribution in [0.4, 0.5) is 0 Å². The van der Waals surface area contributed by atoms with Gasteiger partial charge in [0.25, 0.3) is 0 Å². The third kappa shape index (κ3) is 5.58. The Labute approximate surface area is 110 Å². The number of rotatable bonds is 3. The van der Waals surface area contributed by atoms with Gasteiger partial charge in [-0.15, -0.1) is 0 Å². The zero-order valence-electron chi connectivity index (χ0n) is 10.8. The Hall–Kier alpha value is -1.70. The summed E-state index contributed by atoms with van der Waals surface area (Å²) >= 11 is 0. The summed E-state index contributed by atoms with van der Waals surface area (Å²) in [6, 6.07) is 6.89. The Kier molecular flexibility index (Phi) is 6.70. The summed E-state index contributed by atoms with van der Waals surface area (Å²) in [6.07, 6.45) is 10.3. The minimum atomic E-state index is 0.292. The molecule has 1 aliphatic rings. The second kappa shape index (κ2) is 8.40. The van der Waals surface area contributed by atoms with E-state index in [1.54, 1.807) is 24.5 Å². The summed E-state index contributed by atoms with van der Waals surface area (Å²) in [6.45, 7) is 7.11. The van der Waals surface area contributed by atoms with Gasteiger partial charge in [0.15, 0.2) is 0 Å². The standard InChI is InChI=1S/C8H8O.C8H14O/c1-2-7-3-5-8(9)6-4-7;1-2-9-8-6-4-3-5-7-8/h2-6,9H,1H2;2,8H,1,3-7H2. The first-order valence-corrected chi connectivity index (χ1v) is 6.44. The molecule has 0 saturated heterocycles. The summed E-state index contributed by atoms with van der Waals surface area (Å²) < 4.78 is 5.25. The first kappa shape index (κ1) is 14.4. The van der Waals surface area contributed by atoms with Gasteiger partial charge in [-0.05, 0) is 43.4 Å². The van der Waals surface area contributed by atoms with Crippen LogP contribution in [0, 0.1) is 0 Å². The quantitative estimate of drug-likeness (QED) is 0.795. The van der Waals surface area contributed by atoms with E-state index in [0.717, 1.165) is 5.56 Å². The van der Waals surface area contributed by atoms with Crippen LogP contribution in [0.5, 0.6) is 5.75 Å². The van der Waals surface area contributed by atoms with Crippen molar-refractivity contribution in [3.63, 3.8) is 0 Å². The normalized spacial score (nSPS) is 15.1. The number of ether oxygens (including phenoxy) is 1. The number of hydrogen-bond acceptors (Lipinski definition) is 2. The van der Waals surface area contributed by atoms with Crippen molar-refractivity contribution in [2.75, 3.05) is 0 Å². The molecule has 2 nitrogen and oxygen atoms in total. The molecule has 2 rings (SSSR count). The SMILES string of the molecule is C=COC1CCCCC1.C=Cc1ccc(O)cc1. The molecule has 0 aliphatic heterocycles. The zero-order valence-corrected chi connectivity index (χ0v) is 10.8. The maximum absolute atomic E-state index is 8.82. The molecule has 1 aliphatic carbocycles. The van der Waals surface area contributed by atoms with Gasteiger partial charge in [0.2, 0.25) is 0 Å². The van der Waals surface area contributed by atoms with E-state index in [4.69, 9.17) is 9.84 Å². The lowest BCUT2D eigenvalue weighted by molar-refractivity contribution is 0.107. The van der Waals surface area contributed by atoms with E-state index in [2.05, 4.69) is 13.2 Å². The van der Waals surface area contributed by atoms with Gasteiger partial charge in [-0.3, -0.25) is 0 Å². The molecule has 0 heterocycles. The summed E-state index contributed by atoms with van der Waals surface area (Å²) in [5.74, 6) is 0.292. The van der Waals surface area contributed by atoms with Crippen molar-refractivity contribution >= 4 is 6.08 Å². The molecule has 0 amide bonds. The molecule has 2 heteroatoms. The lowest BCUT2D eigenvalue weighted by atomic mass is 9.98.